The van der Waals surface area contributed by atoms with E-state index in [1.165, 1.54) is 16.2 Å². The largest absolute Gasteiger partial charge is 0.395 e. The number of amides is 1. The van der Waals surface area contributed by atoms with Gasteiger partial charge < -0.3 is 10.4 Å². The second-order valence-corrected chi connectivity index (χ2v) is 8.13. The number of thiocarbonyl (C=S) groups is 1. The summed E-state index contributed by atoms with van der Waals surface area (Å²) in [5.41, 5.74) is 1.40. The first-order valence-electron chi connectivity index (χ1n) is 9.09. The molecule has 28 heavy (non-hydrogen) atoms. The van der Waals surface area contributed by atoms with Crippen LogP contribution in [0.15, 0.2) is 28.0 Å². The monoisotopic (exact) mass is 418 g/mol. The van der Waals surface area contributed by atoms with Crippen molar-refractivity contribution in [3.05, 3.63) is 44.7 Å². The lowest BCUT2D eigenvalue weighted by molar-refractivity contribution is -0.122. The number of unbranched alkanes of at least 4 members (excludes halogenated alkanes) is 1. The van der Waals surface area contributed by atoms with E-state index in [2.05, 4.69) is 17.2 Å². The number of rotatable bonds is 7. The fourth-order valence-corrected chi connectivity index (χ4v) is 4.13. The molecule has 3 heterocycles. The van der Waals surface area contributed by atoms with E-state index in [0.717, 1.165) is 18.4 Å². The SMILES string of the molecule is CCCCN1C(=O)/C(=C\c2c(NCCO)nc3ccc(C)cn3c2=O)SC1=S. The van der Waals surface area contributed by atoms with Crippen molar-refractivity contribution in [3.63, 3.8) is 0 Å². The maximum atomic E-state index is 13.1. The van der Waals surface area contributed by atoms with E-state index >= 15 is 0 Å². The molecule has 0 unspecified atom stereocenters. The number of fused-ring (bicyclic) bond motifs is 1. The number of aliphatic hydroxyl groups excluding tert-OH is 1. The van der Waals surface area contributed by atoms with Crippen molar-refractivity contribution in [1.82, 2.24) is 14.3 Å². The molecule has 0 aromatic carbocycles. The summed E-state index contributed by atoms with van der Waals surface area (Å²) < 4.78 is 1.96. The Bertz CT molecular complexity index is 1020. The second-order valence-electron chi connectivity index (χ2n) is 6.45. The minimum atomic E-state index is -0.284. The average molecular weight is 419 g/mol. The topological polar surface area (TPSA) is 86.9 Å². The molecule has 0 saturated carbocycles. The number of nitrogens with zero attached hydrogens (tertiary/aromatic N) is 3. The van der Waals surface area contributed by atoms with Gasteiger partial charge in [-0.1, -0.05) is 43.4 Å². The molecular weight excluding hydrogens is 396 g/mol. The number of carbonyl (C=O) groups is 1. The smallest absolute Gasteiger partial charge is 0.267 e. The summed E-state index contributed by atoms with van der Waals surface area (Å²) in [6.07, 6.45) is 5.09. The van der Waals surface area contributed by atoms with Crippen LogP contribution in [-0.2, 0) is 4.79 Å². The minimum absolute atomic E-state index is 0.104. The average Bonchev–Trinajstić information content (AvgIpc) is 2.94. The van der Waals surface area contributed by atoms with Crippen LogP contribution >= 0.6 is 24.0 Å². The van der Waals surface area contributed by atoms with E-state index in [4.69, 9.17) is 17.3 Å². The number of anilines is 1. The zero-order chi connectivity index (χ0) is 20.3. The Morgan fingerprint density at radius 3 is 2.86 bits per heavy atom. The number of aliphatic hydroxyl groups is 1. The van der Waals surface area contributed by atoms with Gasteiger partial charge in [-0.25, -0.2) is 4.98 Å². The molecule has 1 aliphatic rings. The highest BCUT2D eigenvalue weighted by Crippen LogP contribution is 2.33. The second kappa shape index (κ2) is 8.85. The first-order valence-corrected chi connectivity index (χ1v) is 10.3. The van der Waals surface area contributed by atoms with E-state index in [1.807, 2.05) is 13.0 Å². The summed E-state index contributed by atoms with van der Waals surface area (Å²) in [6, 6.07) is 3.63. The normalized spacial score (nSPS) is 15.8. The van der Waals surface area contributed by atoms with E-state index in [9.17, 15) is 9.59 Å². The fourth-order valence-electron chi connectivity index (χ4n) is 2.84. The van der Waals surface area contributed by atoms with Gasteiger partial charge in [0.2, 0.25) is 0 Å². The van der Waals surface area contributed by atoms with Gasteiger partial charge in [0.25, 0.3) is 11.5 Å². The van der Waals surface area contributed by atoms with Crippen LogP contribution in [0.2, 0.25) is 0 Å². The molecule has 3 rings (SSSR count). The van der Waals surface area contributed by atoms with Crippen molar-refractivity contribution in [2.24, 2.45) is 0 Å². The summed E-state index contributed by atoms with van der Waals surface area (Å²) in [7, 11) is 0. The molecule has 148 valence electrons. The van der Waals surface area contributed by atoms with Gasteiger partial charge in [-0.2, -0.15) is 0 Å². The molecule has 2 N–H and O–H groups in total. The number of aryl methyl sites for hydroxylation is 1. The lowest BCUT2D eigenvalue weighted by atomic mass is 10.2. The van der Waals surface area contributed by atoms with E-state index in [0.29, 0.717) is 27.2 Å². The number of hydrogen-bond donors (Lipinski definition) is 2. The number of aromatic nitrogens is 2. The molecule has 0 atom stereocenters. The third-order valence-corrected chi connectivity index (χ3v) is 5.67. The molecular formula is C19H22N4O3S2. The lowest BCUT2D eigenvalue weighted by Crippen LogP contribution is -2.29. The Hall–Kier alpha value is -2.23. The number of hydrogen-bond acceptors (Lipinski definition) is 7. The molecule has 2 aromatic rings. The van der Waals surface area contributed by atoms with Crippen molar-refractivity contribution >= 4 is 51.7 Å². The van der Waals surface area contributed by atoms with Crippen LogP contribution in [0.25, 0.3) is 11.7 Å². The zero-order valence-corrected chi connectivity index (χ0v) is 17.4. The van der Waals surface area contributed by atoms with Crippen LogP contribution in [0, 0.1) is 6.92 Å². The summed E-state index contributed by atoms with van der Waals surface area (Å²) in [6.45, 7) is 4.65. The quantitative estimate of drug-likeness (QED) is 0.527. The molecule has 7 nitrogen and oxygen atoms in total. The Labute approximate surface area is 172 Å². The van der Waals surface area contributed by atoms with Gasteiger partial charge >= 0.3 is 0 Å². The van der Waals surface area contributed by atoms with E-state index in [-0.39, 0.29) is 30.2 Å². The number of thioether (sulfide) groups is 1. The molecule has 0 bridgehead atoms. The molecule has 2 aromatic heterocycles. The molecule has 1 amide bonds. The van der Waals surface area contributed by atoms with Crippen LogP contribution in [0.5, 0.6) is 0 Å². The van der Waals surface area contributed by atoms with Crippen molar-refractivity contribution in [1.29, 1.82) is 0 Å². The van der Waals surface area contributed by atoms with Gasteiger partial charge in [-0.05, 0) is 31.1 Å². The van der Waals surface area contributed by atoms with Gasteiger partial charge in [0, 0.05) is 19.3 Å². The van der Waals surface area contributed by atoms with Gasteiger partial charge in [-0.3, -0.25) is 18.9 Å². The van der Waals surface area contributed by atoms with Crippen LogP contribution in [-0.4, -0.2) is 49.3 Å². The first-order chi connectivity index (χ1) is 13.5. The van der Waals surface area contributed by atoms with Gasteiger partial charge in [-0.15, -0.1) is 0 Å². The molecule has 9 heteroatoms. The fraction of sp³-hybridized carbons (Fsp3) is 0.368. The highest BCUT2D eigenvalue weighted by atomic mass is 32.2. The Morgan fingerprint density at radius 2 is 2.14 bits per heavy atom. The third-order valence-electron chi connectivity index (χ3n) is 4.29. The van der Waals surface area contributed by atoms with Gasteiger partial charge in [0.1, 0.15) is 15.8 Å². The lowest BCUT2D eigenvalue weighted by Gasteiger charge is -2.13. The maximum absolute atomic E-state index is 13.1. The summed E-state index contributed by atoms with van der Waals surface area (Å²) in [5, 5.41) is 12.1. The van der Waals surface area contributed by atoms with Crippen LogP contribution < -0.4 is 10.9 Å². The number of carbonyl (C=O) groups excluding carboxylic acids is 1. The zero-order valence-electron chi connectivity index (χ0n) is 15.8. The Morgan fingerprint density at radius 1 is 1.36 bits per heavy atom. The summed E-state index contributed by atoms with van der Waals surface area (Å²) >= 11 is 6.53. The molecule has 0 aliphatic carbocycles. The number of pyridine rings is 1. The minimum Gasteiger partial charge on any atom is -0.395 e. The number of nitrogens with one attached hydrogen (secondary N) is 1. The van der Waals surface area contributed by atoms with Gasteiger partial charge in [0.15, 0.2) is 0 Å². The molecule has 0 spiro atoms. The van der Waals surface area contributed by atoms with Crippen LogP contribution in [0.1, 0.15) is 30.9 Å². The molecule has 1 fully saturated rings. The molecule has 1 saturated heterocycles. The maximum Gasteiger partial charge on any atom is 0.267 e. The first kappa shape index (κ1) is 20.5. The summed E-state index contributed by atoms with van der Waals surface area (Å²) in [4.78, 5) is 32.3. The van der Waals surface area contributed by atoms with Crippen LogP contribution in [0.4, 0.5) is 5.82 Å². The van der Waals surface area contributed by atoms with Crippen molar-refractivity contribution < 1.29 is 9.90 Å². The van der Waals surface area contributed by atoms with Crippen LogP contribution in [0.3, 0.4) is 0 Å². The third kappa shape index (κ3) is 4.11. The predicted molar refractivity (Wildman–Crippen MR) is 117 cm³/mol. The molecule has 1 aliphatic heterocycles. The highest BCUT2D eigenvalue weighted by Gasteiger charge is 2.32. The van der Waals surface area contributed by atoms with Crippen molar-refractivity contribution in [3.8, 4) is 0 Å². The van der Waals surface area contributed by atoms with Crippen molar-refractivity contribution in [2.45, 2.75) is 26.7 Å². The van der Waals surface area contributed by atoms with Gasteiger partial charge in [0.05, 0.1) is 17.1 Å². The van der Waals surface area contributed by atoms with Crippen molar-refractivity contribution in [2.75, 3.05) is 25.0 Å². The Balaban J connectivity index is 2.09. The highest BCUT2D eigenvalue weighted by molar-refractivity contribution is 8.26. The van der Waals surface area contributed by atoms with E-state index < -0.39 is 0 Å². The molecule has 0 radical (unpaired) electrons. The summed E-state index contributed by atoms with van der Waals surface area (Å²) in [5.74, 6) is 0.145. The Kier molecular flexibility index (Phi) is 6.48. The predicted octanol–water partition coefficient (Wildman–Crippen LogP) is 2.41. The standard InChI is InChI=1S/C19H22N4O3S2/c1-3-4-8-22-18(26)14(28-19(22)27)10-13-16(20-7-9-24)21-15-6-5-12(2)11-23(15)17(13)25/h5-6,10-11,20,24H,3-4,7-9H2,1-2H3/b14-10+. The van der Waals surface area contributed by atoms with E-state index in [1.54, 1.807) is 23.2 Å².